The third kappa shape index (κ3) is 3.45. The van der Waals surface area contributed by atoms with Crippen LogP contribution >= 0.6 is 0 Å². The van der Waals surface area contributed by atoms with Gasteiger partial charge in [-0.1, -0.05) is 25.7 Å². The molecule has 1 saturated carbocycles. The molecule has 1 unspecified atom stereocenters. The number of hydrogen-bond acceptors (Lipinski definition) is 4. The number of carboxylic acid groups (broad SMARTS) is 1. The number of carbonyl (C=O) groups is 2. The van der Waals surface area contributed by atoms with Crippen molar-refractivity contribution in [1.29, 1.82) is 0 Å². The molecule has 1 N–H and O–H groups in total. The first-order valence-corrected chi connectivity index (χ1v) is 9.28. The van der Waals surface area contributed by atoms with Crippen molar-refractivity contribution in [3.63, 3.8) is 0 Å². The van der Waals surface area contributed by atoms with Gasteiger partial charge in [0.15, 0.2) is 0 Å². The van der Waals surface area contributed by atoms with Gasteiger partial charge in [0.2, 0.25) is 0 Å². The zero-order valence-corrected chi connectivity index (χ0v) is 14.5. The minimum atomic E-state index is -0.837. The summed E-state index contributed by atoms with van der Waals surface area (Å²) in [6.07, 6.45) is 7.00. The number of hydrogen-bond donors (Lipinski definition) is 1. The van der Waals surface area contributed by atoms with Crippen molar-refractivity contribution in [3.8, 4) is 0 Å². The summed E-state index contributed by atoms with van der Waals surface area (Å²) in [6, 6.07) is 0. The molecule has 3 aliphatic rings. The Hall–Kier alpha value is -1.14. The summed E-state index contributed by atoms with van der Waals surface area (Å²) in [6.45, 7) is 3.43. The first-order valence-electron chi connectivity index (χ1n) is 9.28. The Kier molecular flexibility index (Phi) is 5.45. The minimum absolute atomic E-state index is 0.0747. The van der Waals surface area contributed by atoms with Crippen molar-refractivity contribution in [1.82, 2.24) is 4.90 Å². The standard InChI is InChI=1S/C18H29NO5/c1-13(24-15-6-4-2-3-5-7-15)16(20)19-10-14-11-23-9-8-18(14,12-19)17(21)22/h13-15H,2-12H2,1H3,(H,21,22)/t13?,14-,18+/m0/s1. The van der Waals surface area contributed by atoms with Crippen LogP contribution in [0.3, 0.4) is 0 Å². The maximum absolute atomic E-state index is 12.8. The highest BCUT2D eigenvalue weighted by Gasteiger charge is 2.55. The van der Waals surface area contributed by atoms with Crippen molar-refractivity contribution >= 4 is 11.9 Å². The van der Waals surface area contributed by atoms with E-state index in [1.165, 1.54) is 12.8 Å². The average Bonchev–Trinajstić information content (AvgIpc) is 2.80. The summed E-state index contributed by atoms with van der Waals surface area (Å²) in [5, 5.41) is 9.70. The van der Waals surface area contributed by atoms with Crippen LogP contribution in [-0.4, -0.2) is 60.4 Å². The largest absolute Gasteiger partial charge is 0.481 e. The fourth-order valence-corrected chi connectivity index (χ4v) is 4.45. The zero-order valence-electron chi connectivity index (χ0n) is 14.5. The van der Waals surface area contributed by atoms with Gasteiger partial charge in [0.05, 0.1) is 18.1 Å². The van der Waals surface area contributed by atoms with Crippen LogP contribution in [0.1, 0.15) is 51.9 Å². The van der Waals surface area contributed by atoms with Gasteiger partial charge in [-0.3, -0.25) is 9.59 Å². The highest BCUT2D eigenvalue weighted by molar-refractivity contribution is 5.83. The molecule has 1 aliphatic carbocycles. The summed E-state index contributed by atoms with van der Waals surface area (Å²) in [7, 11) is 0. The van der Waals surface area contributed by atoms with Crippen molar-refractivity contribution in [2.75, 3.05) is 26.3 Å². The summed E-state index contributed by atoms with van der Waals surface area (Å²) >= 11 is 0. The molecule has 3 fully saturated rings. The number of amides is 1. The Balaban J connectivity index is 1.61. The maximum Gasteiger partial charge on any atom is 0.311 e. The Labute approximate surface area is 143 Å². The summed E-state index contributed by atoms with van der Waals surface area (Å²) in [5.41, 5.74) is -0.837. The molecule has 3 rings (SSSR count). The second-order valence-corrected chi connectivity index (χ2v) is 7.59. The number of nitrogens with zero attached hydrogens (tertiary/aromatic N) is 1. The van der Waals surface area contributed by atoms with Crippen LogP contribution in [0.5, 0.6) is 0 Å². The van der Waals surface area contributed by atoms with Crippen LogP contribution in [0.2, 0.25) is 0 Å². The number of fused-ring (bicyclic) bond motifs is 1. The van der Waals surface area contributed by atoms with Gasteiger partial charge < -0.3 is 19.5 Å². The second-order valence-electron chi connectivity index (χ2n) is 7.59. The van der Waals surface area contributed by atoms with Crippen molar-refractivity contribution in [2.45, 2.75) is 64.1 Å². The van der Waals surface area contributed by atoms with Crippen LogP contribution in [0.25, 0.3) is 0 Å². The Bertz CT molecular complexity index is 474. The highest BCUT2D eigenvalue weighted by atomic mass is 16.5. The molecule has 6 heteroatoms. The number of carbonyl (C=O) groups excluding carboxylic acids is 1. The van der Waals surface area contributed by atoms with Crippen LogP contribution in [0.4, 0.5) is 0 Å². The minimum Gasteiger partial charge on any atom is -0.481 e. The lowest BCUT2D eigenvalue weighted by molar-refractivity contribution is -0.158. The van der Waals surface area contributed by atoms with Gasteiger partial charge in [0.25, 0.3) is 5.91 Å². The van der Waals surface area contributed by atoms with Gasteiger partial charge in [-0.05, 0) is 26.2 Å². The van der Waals surface area contributed by atoms with Gasteiger partial charge in [-0.25, -0.2) is 0 Å². The SMILES string of the molecule is CC(OC1CCCCCC1)C(=O)N1C[C@H]2COCC[C@@]2(C(=O)O)C1. The maximum atomic E-state index is 12.8. The van der Waals surface area contributed by atoms with Gasteiger partial charge >= 0.3 is 5.97 Å². The van der Waals surface area contributed by atoms with E-state index in [2.05, 4.69) is 0 Å². The van der Waals surface area contributed by atoms with Crippen LogP contribution < -0.4 is 0 Å². The van der Waals surface area contributed by atoms with Crippen molar-refractivity contribution in [2.24, 2.45) is 11.3 Å². The van der Waals surface area contributed by atoms with Crippen molar-refractivity contribution < 1.29 is 24.2 Å². The molecule has 0 radical (unpaired) electrons. The molecular formula is C18H29NO5. The third-order valence-electron chi connectivity index (χ3n) is 5.99. The predicted octanol–water partition coefficient (Wildman–Crippen LogP) is 2.06. The predicted molar refractivity (Wildman–Crippen MR) is 87.6 cm³/mol. The molecule has 2 saturated heterocycles. The average molecular weight is 339 g/mol. The molecular weight excluding hydrogens is 310 g/mol. The van der Waals surface area contributed by atoms with Crippen LogP contribution in [0.15, 0.2) is 0 Å². The Morgan fingerprint density at radius 1 is 1.25 bits per heavy atom. The fraction of sp³-hybridized carbons (Fsp3) is 0.889. The van der Waals surface area contributed by atoms with Gasteiger partial charge in [0.1, 0.15) is 6.10 Å². The quantitative estimate of drug-likeness (QED) is 0.794. The van der Waals surface area contributed by atoms with Crippen LogP contribution in [-0.2, 0) is 19.1 Å². The van der Waals surface area contributed by atoms with Crippen molar-refractivity contribution in [3.05, 3.63) is 0 Å². The van der Waals surface area contributed by atoms with Gasteiger partial charge in [-0.15, -0.1) is 0 Å². The lowest BCUT2D eigenvalue weighted by atomic mass is 9.74. The second kappa shape index (κ2) is 7.40. The van der Waals surface area contributed by atoms with E-state index in [0.29, 0.717) is 26.2 Å². The molecule has 0 aromatic heterocycles. The fourth-order valence-electron chi connectivity index (χ4n) is 4.45. The normalized spacial score (nSPS) is 32.9. The monoisotopic (exact) mass is 339 g/mol. The number of likely N-dealkylation sites (tertiary alicyclic amines) is 1. The smallest absolute Gasteiger partial charge is 0.311 e. The highest BCUT2D eigenvalue weighted by Crippen LogP contribution is 2.42. The zero-order chi connectivity index (χ0) is 17.2. The van der Waals surface area contributed by atoms with E-state index < -0.39 is 17.5 Å². The van der Waals surface area contributed by atoms with Crippen LogP contribution in [0, 0.1) is 11.3 Å². The summed E-state index contributed by atoms with van der Waals surface area (Å²) in [5.74, 6) is -0.990. The lowest BCUT2D eigenvalue weighted by Gasteiger charge is -2.34. The molecule has 0 aromatic carbocycles. The number of carboxylic acids is 1. The topological polar surface area (TPSA) is 76.1 Å². The molecule has 24 heavy (non-hydrogen) atoms. The van der Waals surface area contributed by atoms with Gasteiger partial charge in [-0.2, -0.15) is 0 Å². The number of aliphatic carboxylic acids is 1. The molecule has 0 spiro atoms. The lowest BCUT2D eigenvalue weighted by Crippen LogP contribution is -2.45. The van der Waals surface area contributed by atoms with E-state index in [1.807, 2.05) is 0 Å². The molecule has 6 nitrogen and oxygen atoms in total. The first-order chi connectivity index (χ1) is 11.5. The first kappa shape index (κ1) is 17.7. The van der Waals surface area contributed by atoms with E-state index in [9.17, 15) is 14.7 Å². The molecule has 3 atom stereocenters. The Morgan fingerprint density at radius 3 is 2.58 bits per heavy atom. The molecule has 1 amide bonds. The Morgan fingerprint density at radius 2 is 1.96 bits per heavy atom. The molecule has 2 heterocycles. The van der Waals surface area contributed by atoms with E-state index in [1.54, 1.807) is 11.8 Å². The molecule has 2 aliphatic heterocycles. The molecule has 0 aromatic rings. The van der Waals surface area contributed by atoms with E-state index >= 15 is 0 Å². The van der Waals surface area contributed by atoms with E-state index in [-0.39, 0.29) is 24.5 Å². The molecule has 0 bridgehead atoms. The summed E-state index contributed by atoms with van der Waals surface area (Å²) in [4.78, 5) is 26.3. The number of rotatable bonds is 4. The van der Waals surface area contributed by atoms with E-state index in [4.69, 9.17) is 9.47 Å². The number of ether oxygens (including phenoxy) is 2. The molecule has 136 valence electrons. The third-order valence-corrected chi connectivity index (χ3v) is 5.99. The summed E-state index contributed by atoms with van der Waals surface area (Å²) < 4.78 is 11.5. The van der Waals surface area contributed by atoms with E-state index in [0.717, 1.165) is 25.7 Å². The van der Waals surface area contributed by atoms with Gasteiger partial charge in [0, 0.05) is 25.6 Å².